The van der Waals surface area contributed by atoms with Crippen LogP contribution in [0.25, 0.3) is 0 Å². The van der Waals surface area contributed by atoms with Crippen molar-refractivity contribution in [2.45, 2.75) is 64.4 Å². The summed E-state index contributed by atoms with van der Waals surface area (Å²) in [7, 11) is 0. The van der Waals surface area contributed by atoms with Gasteiger partial charge in [0.05, 0.1) is 5.71 Å². The van der Waals surface area contributed by atoms with Crippen LogP contribution in [0.3, 0.4) is 0 Å². The first-order valence-corrected chi connectivity index (χ1v) is 7.87. The Morgan fingerprint density at radius 3 is 3.00 bits per heavy atom. The summed E-state index contributed by atoms with van der Waals surface area (Å²) >= 11 is 0. The number of ether oxygens (including phenoxy) is 1. The molecular weight excluding hydrogens is 284 g/mol. The van der Waals surface area contributed by atoms with Crippen LogP contribution in [0.15, 0.2) is 10.1 Å². The van der Waals surface area contributed by atoms with E-state index in [1.54, 1.807) is 0 Å². The quantitative estimate of drug-likeness (QED) is 0.545. The van der Waals surface area contributed by atoms with Gasteiger partial charge in [0, 0.05) is 19.2 Å². The number of nitrogens with one attached hydrogen (secondary N) is 2. The first-order chi connectivity index (χ1) is 10.4. The SMILES string of the molecule is CC(C)(C)OC(=O)C1CC(CCCCNC2N=CCN2)=NO1. The largest absolute Gasteiger partial charge is 0.457 e. The normalized spacial score (nSPS) is 24.2. The third-order valence-corrected chi connectivity index (χ3v) is 3.29. The van der Waals surface area contributed by atoms with Crippen molar-refractivity contribution in [2.24, 2.45) is 10.1 Å². The number of carbonyl (C=O) groups is 1. The molecule has 2 atom stereocenters. The Bertz CT molecular complexity index is 443. The van der Waals surface area contributed by atoms with Gasteiger partial charge in [0.1, 0.15) is 5.60 Å². The molecule has 7 heteroatoms. The van der Waals surface area contributed by atoms with E-state index in [1.807, 2.05) is 27.0 Å². The van der Waals surface area contributed by atoms with Crippen molar-refractivity contribution in [1.29, 1.82) is 0 Å². The molecule has 0 radical (unpaired) electrons. The van der Waals surface area contributed by atoms with Gasteiger partial charge in [0.25, 0.3) is 0 Å². The highest BCUT2D eigenvalue weighted by Gasteiger charge is 2.31. The van der Waals surface area contributed by atoms with Crippen molar-refractivity contribution in [1.82, 2.24) is 10.6 Å². The second-order valence-corrected chi connectivity index (χ2v) is 6.54. The Hall–Kier alpha value is -1.47. The molecule has 0 fully saturated rings. The molecule has 0 aromatic carbocycles. The van der Waals surface area contributed by atoms with Gasteiger partial charge in [-0.15, -0.1) is 0 Å². The maximum absolute atomic E-state index is 11.9. The number of carbonyl (C=O) groups excluding carboxylic acids is 1. The Balaban J connectivity index is 1.56. The zero-order chi connectivity index (χ0) is 16.0. The lowest BCUT2D eigenvalue weighted by Gasteiger charge is -2.20. The fourth-order valence-electron chi connectivity index (χ4n) is 2.26. The van der Waals surface area contributed by atoms with Crippen LogP contribution in [-0.4, -0.2) is 49.0 Å². The summed E-state index contributed by atoms with van der Waals surface area (Å²) in [5.41, 5.74) is 0.443. The lowest BCUT2D eigenvalue weighted by atomic mass is 10.1. The van der Waals surface area contributed by atoms with Gasteiger partial charge in [-0.05, 0) is 46.6 Å². The van der Waals surface area contributed by atoms with Crippen molar-refractivity contribution < 1.29 is 14.4 Å². The second kappa shape index (κ2) is 7.69. The van der Waals surface area contributed by atoms with Crippen molar-refractivity contribution in [3.63, 3.8) is 0 Å². The number of unbranched alkanes of at least 4 members (excludes halogenated alkanes) is 1. The Morgan fingerprint density at radius 2 is 2.32 bits per heavy atom. The summed E-state index contributed by atoms with van der Waals surface area (Å²) in [6, 6.07) is 0. The molecule has 2 aliphatic rings. The van der Waals surface area contributed by atoms with Gasteiger partial charge in [-0.2, -0.15) is 0 Å². The standard InChI is InChI=1S/C15H26N4O3/c1-15(2,3)21-13(20)12-10-11(19-22-12)6-4-5-7-16-14-17-8-9-18-14/h8,12,14,16,18H,4-7,9-10H2,1-3H3. The molecule has 0 aromatic heterocycles. The number of oxime groups is 1. The van der Waals surface area contributed by atoms with Gasteiger partial charge in [-0.3, -0.25) is 15.6 Å². The number of esters is 1. The molecule has 0 aliphatic carbocycles. The molecular formula is C15H26N4O3. The maximum atomic E-state index is 11.9. The lowest BCUT2D eigenvalue weighted by molar-refractivity contribution is -0.166. The molecule has 2 rings (SSSR count). The van der Waals surface area contributed by atoms with E-state index in [-0.39, 0.29) is 12.3 Å². The Labute approximate surface area is 131 Å². The molecule has 0 aromatic rings. The minimum atomic E-state index is -0.579. The van der Waals surface area contributed by atoms with E-state index >= 15 is 0 Å². The molecule has 2 heterocycles. The molecule has 124 valence electrons. The summed E-state index contributed by atoms with van der Waals surface area (Å²) in [5, 5.41) is 10.5. The molecule has 0 saturated heterocycles. The fourth-order valence-corrected chi connectivity index (χ4v) is 2.26. The van der Waals surface area contributed by atoms with Crippen LogP contribution < -0.4 is 10.6 Å². The molecule has 0 bridgehead atoms. The van der Waals surface area contributed by atoms with Crippen LogP contribution in [0.5, 0.6) is 0 Å². The number of hydrogen-bond acceptors (Lipinski definition) is 7. The molecule has 0 saturated carbocycles. The summed E-state index contributed by atoms with van der Waals surface area (Å²) < 4.78 is 5.30. The smallest absolute Gasteiger partial charge is 0.351 e. The second-order valence-electron chi connectivity index (χ2n) is 6.54. The van der Waals surface area contributed by atoms with Crippen LogP contribution in [0.1, 0.15) is 46.5 Å². The molecule has 2 aliphatic heterocycles. The first-order valence-electron chi connectivity index (χ1n) is 7.87. The molecule has 0 amide bonds. The third-order valence-electron chi connectivity index (χ3n) is 3.29. The summed E-state index contributed by atoms with van der Waals surface area (Å²) in [6.45, 7) is 7.27. The molecule has 2 unspecified atom stereocenters. The van der Waals surface area contributed by atoms with Crippen molar-refractivity contribution in [2.75, 3.05) is 13.1 Å². The van der Waals surface area contributed by atoms with Gasteiger partial charge >= 0.3 is 5.97 Å². The highest BCUT2D eigenvalue weighted by molar-refractivity contribution is 5.91. The van der Waals surface area contributed by atoms with E-state index in [0.29, 0.717) is 6.42 Å². The zero-order valence-corrected chi connectivity index (χ0v) is 13.6. The van der Waals surface area contributed by atoms with E-state index in [2.05, 4.69) is 20.8 Å². The minimum absolute atomic E-state index is 0.0590. The van der Waals surface area contributed by atoms with E-state index in [0.717, 1.165) is 38.1 Å². The van der Waals surface area contributed by atoms with E-state index in [1.165, 1.54) is 0 Å². The van der Waals surface area contributed by atoms with E-state index in [4.69, 9.17) is 9.57 Å². The average Bonchev–Trinajstić information content (AvgIpc) is 3.07. The summed E-state index contributed by atoms with van der Waals surface area (Å²) in [5.74, 6) is -0.335. The Kier molecular flexibility index (Phi) is 5.90. The van der Waals surface area contributed by atoms with E-state index in [9.17, 15) is 4.79 Å². The van der Waals surface area contributed by atoms with Gasteiger partial charge in [-0.25, -0.2) is 4.79 Å². The lowest BCUT2D eigenvalue weighted by Crippen LogP contribution is -2.37. The summed E-state index contributed by atoms with van der Waals surface area (Å²) in [4.78, 5) is 21.3. The van der Waals surface area contributed by atoms with Crippen LogP contribution in [0.2, 0.25) is 0 Å². The number of nitrogens with zero attached hydrogens (tertiary/aromatic N) is 2. The van der Waals surface area contributed by atoms with Gasteiger partial charge in [0.2, 0.25) is 6.10 Å². The van der Waals surface area contributed by atoms with Gasteiger partial charge in [0.15, 0.2) is 6.29 Å². The molecule has 0 spiro atoms. The predicted octanol–water partition coefficient (Wildman–Crippen LogP) is 1.19. The zero-order valence-electron chi connectivity index (χ0n) is 13.6. The summed E-state index contributed by atoms with van der Waals surface area (Å²) in [6.07, 6.45) is 4.78. The van der Waals surface area contributed by atoms with Crippen molar-refractivity contribution in [3.05, 3.63) is 0 Å². The topological polar surface area (TPSA) is 84.3 Å². The fraction of sp³-hybridized carbons (Fsp3) is 0.800. The predicted molar refractivity (Wildman–Crippen MR) is 84.9 cm³/mol. The van der Waals surface area contributed by atoms with Crippen molar-refractivity contribution in [3.8, 4) is 0 Å². The maximum Gasteiger partial charge on any atom is 0.351 e. The number of hydrogen-bond donors (Lipinski definition) is 2. The van der Waals surface area contributed by atoms with Crippen LogP contribution in [-0.2, 0) is 14.4 Å². The number of rotatable bonds is 7. The molecule has 7 nitrogen and oxygen atoms in total. The van der Waals surface area contributed by atoms with E-state index < -0.39 is 11.7 Å². The third kappa shape index (κ3) is 5.73. The minimum Gasteiger partial charge on any atom is -0.457 e. The van der Waals surface area contributed by atoms with Gasteiger partial charge < -0.3 is 9.57 Å². The number of aliphatic imine (C=N–C) groups is 1. The highest BCUT2D eigenvalue weighted by atomic mass is 16.7. The monoisotopic (exact) mass is 310 g/mol. The molecule has 22 heavy (non-hydrogen) atoms. The Morgan fingerprint density at radius 1 is 1.50 bits per heavy atom. The van der Waals surface area contributed by atoms with Gasteiger partial charge in [-0.1, -0.05) is 5.16 Å². The van der Waals surface area contributed by atoms with Crippen LogP contribution in [0.4, 0.5) is 0 Å². The van der Waals surface area contributed by atoms with Crippen LogP contribution in [0, 0.1) is 0 Å². The van der Waals surface area contributed by atoms with Crippen molar-refractivity contribution >= 4 is 17.9 Å². The average molecular weight is 310 g/mol. The highest BCUT2D eigenvalue weighted by Crippen LogP contribution is 2.18. The molecule has 2 N–H and O–H groups in total. The first kappa shape index (κ1) is 16.9. The van der Waals surface area contributed by atoms with Crippen LogP contribution >= 0.6 is 0 Å².